The van der Waals surface area contributed by atoms with Gasteiger partial charge in [-0.1, -0.05) is 0 Å². The van der Waals surface area contributed by atoms with Gasteiger partial charge in [0.15, 0.2) is 6.39 Å². The second-order valence-electron chi connectivity index (χ2n) is 1.25. The molecule has 2 heterocycles. The van der Waals surface area contributed by atoms with Gasteiger partial charge in [0.2, 0.25) is 0 Å². The predicted molar refractivity (Wildman–Crippen MR) is 21.9 cm³/mol. The third-order valence-corrected chi connectivity index (χ3v) is 0.782. The Morgan fingerprint density at radius 1 is 1.38 bits per heavy atom. The summed E-state index contributed by atoms with van der Waals surface area (Å²) >= 11 is 0. The normalized spacial score (nSPS) is 10.5. The van der Waals surface area contributed by atoms with Gasteiger partial charge in [-0.25, -0.2) is 4.63 Å². The lowest BCUT2D eigenvalue weighted by Gasteiger charge is -1.57. The smallest absolute Gasteiger partial charge is 0.309 e. The first-order valence-electron chi connectivity index (χ1n) is 1.98. The molecule has 0 aliphatic carbocycles. The van der Waals surface area contributed by atoms with Gasteiger partial charge in [-0.15, -0.1) is 0 Å². The van der Waals surface area contributed by atoms with Gasteiger partial charge in [-0.05, 0) is 10.3 Å². The average Bonchev–Trinajstić information content (AvgIpc) is 2.15. The molecule has 0 radical (unpaired) electrons. The van der Waals surface area contributed by atoms with Crippen LogP contribution in [-0.2, 0) is 0 Å². The molecule has 0 bridgehead atoms. The van der Waals surface area contributed by atoms with Crippen LogP contribution in [0.1, 0.15) is 0 Å². The molecule has 2 rings (SSSR count). The van der Waals surface area contributed by atoms with Crippen molar-refractivity contribution in [2.24, 2.45) is 0 Å². The fraction of sp³-hybridized carbons (Fsp3) is 0. The quantitative estimate of drug-likeness (QED) is 0.486. The number of rotatable bonds is 0. The van der Waals surface area contributed by atoms with Crippen LogP contribution in [0.25, 0.3) is 11.4 Å². The molecule has 2 aromatic rings. The molecule has 2 aromatic heterocycles. The van der Waals surface area contributed by atoms with Gasteiger partial charge < -0.3 is 4.42 Å². The summed E-state index contributed by atoms with van der Waals surface area (Å²) in [6.07, 6.45) is 1.26. The van der Waals surface area contributed by atoms with Crippen LogP contribution in [0.15, 0.2) is 15.4 Å². The molecule has 8 heavy (non-hydrogen) atoms. The van der Waals surface area contributed by atoms with E-state index in [0.717, 1.165) is 0 Å². The molecule has 0 unspecified atom stereocenters. The van der Waals surface area contributed by atoms with E-state index >= 15 is 0 Å². The molecule has 0 spiro atoms. The Balaban J connectivity index is 3.06. The van der Waals surface area contributed by atoms with Crippen LogP contribution in [0, 0.1) is 0 Å². The highest BCUT2D eigenvalue weighted by Gasteiger charge is 2.00. The first kappa shape index (κ1) is 3.59. The van der Waals surface area contributed by atoms with Crippen LogP contribution < -0.4 is 0 Å². The summed E-state index contributed by atoms with van der Waals surface area (Å²) < 4.78 is 8.93. The van der Waals surface area contributed by atoms with E-state index in [2.05, 4.69) is 24.3 Å². The molecular weight excluding hydrogens is 110 g/mol. The molecule has 0 saturated heterocycles. The number of nitrogens with zero attached hydrogens (tertiary/aromatic N) is 3. The molecule has 5 nitrogen and oxygen atoms in total. The number of hydrogen-bond donors (Lipinski definition) is 0. The second kappa shape index (κ2) is 1.06. The third kappa shape index (κ3) is 0.281. The molecule has 0 atom stereocenters. The van der Waals surface area contributed by atoms with Crippen LogP contribution >= 0.6 is 0 Å². The van der Waals surface area contributed by atoms with Gasteiger partial charge in [-0.2, -0.15) is 4.98 Å². The third-order valence-electron chi connectivity index (χ3n) is 0.782. The lowest BCUT2D eigenvalue weighted by Crippen LogP contribution is -1.58. The van der Waals surface area contributed by atoms with Crippen molar-refractivity contribution in [3.05, 3.63) is 6.39 Å². The molecular formula is C3HN3O2. The Labute approximate surface area is 43.3 Å². The summed E-state index contributed by atoms with van der Waals surface area (Å²) in [4.78, 5) is 3.64. The molecule has 0 aliphatic heterocycles. The van der Waals surface area contributed by atoms with Crippen LogP contribution in [0.3, 0.4) is 0 Å². The molecule has 0 aliphatic rings. The maximum Gasteiger partial charge on any atom is 0.309 e. The molecule has 5 heteroatoms. The monoisotopic (exact) mass is 111 g/mol. The van der Waals surface area contributed by atoms with E-state index in [9.17, 15) is 0 Å². The Hall–Kier alpha value is -1.39. The number of hydrogen-bond acceptors (Lipinski definition) is 5. The van der Waals surface area contributed by atoms with Crippen molar-refractivity contribution < 1.29 is 9.05 Å². The molecule has 40 valence electrons. The minimum absolute atomic E-state index is 0.338. The van der Waals surface area contributed by atoms with Gasteiger partial charge in [0, 0.05) is 0 Å². The Morgan fingerprint density at radius 2 is 2.38 bits per heavy atom. The molecule has 0 saturated carbocycles. The predicted octanol–water partition coefficient (Wildman–Crippen LogP) is 0.211. The average molecular weight is 111 g/mol. The van der Waals surface area contributed by atoms with Gasteiger partial charge in [0.05, 0.1) is 0 Å². The highest BCUT2D eigenvalue weighted by Crippen LogP contribution is 2.02. The lowest BCUT2D eigenvalue weighted by atomic mass is 10.8. The molecule has 0 amide bonds. The van der Waals surface area contributed by atoms with Crippen molar-refractivity contribution in [2.75, 3.05) is 0 Å². The minimum atomic E-state index is 0.338. The van der Waals surface area contributed by atoms with Gasteiger partial charge in [-0.3, -0.25) is 0 Å². The number of oxazole rings is 1. The summed E-state index contributed by atoms with van der Waals surface area (Å²) in [5.41, 5.74) is 0.745. The van der Waals surface area contributed by atoms with E-state index in [1.54, 1.807) is 0 Å². The van der Waals surface area contributed by atoms with Crippen molar-refractivity contribution in [2.45, 2.75) is 0 Å². The van der Waals surface area contributed by atoms with Crippen LogP contribution in [0.2, 0.25) is 0 Å². The zero-order chi connectivity index (χ0) is 5.40. The Bertz CT molecular complexity index is 234. The number of fused-ring (bicyclic) bond motifs is 1. The van der Waals surface area contributed by atoms with E-state index in [4.69, 9.17) is 0 Å². The van der Waals surface area contributed by atoms with Crippen molar-refractivity contribution in [3.63, 3.8) is 0 Å². The fourth-order valence-corrected chi connectivity index (χ4v) is 0.455. The van der Waals surface area contributed by atoms with Gasteiger partial charge >= 0.3 is 5.71 Å². The van der Waals surface area contributed by atoms with Crippen molar-refractivity contribution >= 4 is 11.4 Å². The first-order valence-corrected chi connectivity index (χ1v) is 1.98. The topological polar surface area (TPSA) is 65.0 Å². The van der Waals surface area contributed by atoms with Crippen LogP contribution in [0.4, 0.5) is 0 Å². The van der Waals surface area contributed by atoms with E-state index in [-0.39, 0.29) is 0 Å². The Kier molecular flexibility index (Phi) is 0.476. The minimum Gasteiger partial charge on any atom is -0.421 e. The van der Waals surface area contributed by atoms with Crippen LogP contribution in [0.5, 0.6) is 0 Å². The summed E-state index contributed by atoms with van der Waals surface area (Å²) in [5.74, 6) is 0. The summed E-state index contributed by atoms with van der Waals surface area (Å²) in [5, 5.41) is 6.75. The van der Waals surface area contributed by atoms with Crippen molar-refractivity contribution in [3.8, 4) is 0 Å². The standard InChI is InChI=1S/C3HN3O2/c1-4-2-3(7-1)6-8-5-2/h1H. The van der Waals surface area contributed by atoms with E-state index < -0.39 is 0 Å². The largest absolute Gasteiger partial charge is 0.421 e. The maximum absolute atomic E-state index is 4.68. The van der Waals surface area contributed by atoms with Gasteiger partial charge in [0.25, 0.3) is 5.65 Å². The van der Waals surface area contributed by atoms with E-state index in [1.165, 1.54) is 6.39 Å². The van der Waals surface area contributed by atoms with E-state index in [0.29, 0.717) is 11.4 Å². The fourth-order valence-electron chi connectivity index (χ4n) is 0.455. The molecule has 0 aromatic carbocycles. The van der Waals surface area contributed by atoms with Gasteiger partial charge in [0.1, 0.15) is 0 Å². The Morgan fingerprint density at radius 3 is 3.25 bits per heavy atom. The number of aromatic nitrogens is 3. The summed E-state index contributed by atoms with van der Waals surface area (Å²) in [6.45, 7) is 0. The summed E-state index contributed by atoms with van der Waals surface area (Å²) in [6, 6.07) is 0. The molecule has 0 fully saturated rings. The summed E-state index contributed by atoms with van der Waals surface area (Å²) in [7, 11) is 0. The highest BCUT2D eigenvalue weighted by molar-refractivity contribution is 5.59. The van der Waals surface area contributed by atoms with Crippen molar-refractivity contribution in [1.29, 1.82) is 0 Å². The lowest BCUT2D eigenvalue weighted by molar-refractivity contribution is 0.305. The first-order chi connectivity index (χ1) is 3.97. The zero-order valence-electron chi connectivity index (χ0n) is 3.74. The zero-order valence-corrected chi connectivity index (χ0v) is 3.74. The second-order valence-corrected chi connectivity index (χ2v) is 1.25. The highest BCUT2D eigenvalue weighted by atomic mass is 16.6. The van der Waals surface area contributed by atoms with E-state index in [1.807, 2.05) is 0 Å². The maximum atomic E-state index is 4.68. The SMILES string of the molecule is c1nc2nonc2o1. The van der Waals surface area contributed by atoms with Crippen molar-refractivity contribution in [1.82, 2.24) is 15.3 Å². The molecule has 0 N–H and O–H groups in total. The van der Waals surface area contributed by atoms with Crippen LogP contribution in [-0.4, -0.2) is 15.3 Å².